The van der Waals surface area contributed by atoms with Crippen LogP contribution < -0.4 is 20.1 Å². The van der Waals surface area contributed by atoms with E-state index in [-0.39, 0.29) is 0 Å². The van der Waals surface area contributed by atoms with Crippen LogP contribution in [0.15, 0.2) is 42.5 Å². The SMILES string of the molecule is COCCCNc1nc(Nc2ccc3c(c2)OCCO3)nc2ccccc12. The van der Waals surface area contributed by atoms with Crippen LogP contribution in [-0.2, 0) is 4.74 Å². The Morgan fingerprint density at radius 2 is 1.89 bits per heavy atom. The maximum atomic E-state index is 5.64. The molecule has 4 rings (SSSR count). The molecule has 0 radical (unpaired) electrons. The van der Waals surface area contributed by atoms with Crippen molar-refractivity contribution in [1.82, 2.24) is 9.97 Å². The van der Waals surface area contributed by atoms with Crippen molar-refractivity contribution in [1.29, 1.82) is 0 Å². The average Bonchev–Trinajstić information content (AvgIpc) is 2.71. The monoisotopic (exact) mass is 366 g/mol. The summed E-state index contributed by atoms with van der Waals surface area (Å²) in [6.45, 7) is 2.61. The summed E-state index contributed by atoms with van der Waals surface area (Å²) in [7, 11) is 1.70. The smallest absolute Gasteiger partial charge is 0.229 e. The van der Waals surface area contributed by atoms with Gasteiger partial charge in [-0.15, -0.1) is 0 Å². The van der Waals surface area contributed by atoms with E-state index >= 15 is 0 Å². The zero-order valence-electron chi connectivity index (χ0n) is 15.2. The van der Waals surface area contributed by atoms with Crippen molar-refractivity contribution < 1.29 is 14.2 Å². The van der Waals surface area contributed by atoms with Crippen LogP contribution in [0.3, 0.4) is 0 Å². The molecule has 0 fully saturated rings. The quantitative estimate of drug-likeness (QED) is 0.619. The predicted octanol–water partition coefficient (Wildman–Crippen LogP) is 3.59. The fourth-order valence-electron chi connectivity index (χ4n) is 2.94. The molecule has 2 heterocycles. The number of nitrogens with one attached hydrogen (secondary N) is 2. The van der Waals surface area contributed by atoms with E-state index in [0.29, 0.717) is 25.8 Å². The van der Waals surface area contributed by atoms with E-state index in [1.807, 2.05) is 42.5 Å². The van der Waals surface area contributed by atoms with Gasteiger partial charge in [0, 0.05) is 37.4 Å². The number of para-hydroxylation sites is 1. The van der Waals surface area contributed by atoms with Gasteiger partial charge in [0.15, 0.2) is 11.5 Å². The molecule has 0 saturated heterocycles. The van der Waals surface area contributed by atoms with Crippen molar-refractivity contribution in [2.45, 2.75) is 6.42 Å². The average molecular weight is 366 g/mol. The number of benzene rings is 2. The second-order valence-corrected chi connectivity index (χ2v) is 6.17. The van der Waals surface area contributed by atoms with Crippen molar-refractivity contribution in [2.75, 3.05) is 44.1 Å². The fraction of sp³-hybridized carbons (Fsp3) is 0.300. The second-order valence-electron chi connectivity index (χ2n) is 6.17. The Morgan fingerprint density at radius 1 is 1.04 bits per heavy atom. The minimum absolute atomic E-state index is 0.527. The van der Waals surface area contributed by atoms with Gasteiger partial charge in [0.2, 0.25) is 5.95 Å². The molecule has 0 bridgehead atoms. The standard InChI is InChI=1S/C20H22N4O3/c1-25-10-4-9-21-19-15-5-2-3-6-16(15)23-20(24-19)22-14-7-8-17-18(13-14)27-12-11-26-17/h2-3,5-8,13H,4,9-12H2,1H3,(H2,21,22,23,24). The highest BCUT2D eigenvalue weighted by atomic mass is 16.6. The van der Waals surface area contributed by atoms with Crippen LogP contribution in [0.2, 0.25) is 0 Å². The predicted molar refractivity (Wildman–Crippen MR) is 105 cm³/mol. The zero-order chi connectivity index (χ0) is 18.5. The van der Waals surface area contributed by atoms with E-state index in [1.165, 1.54) is 0 Å². The van der Waals surface area contributed by atoms with Crippen LogP contribution in [-0.4, -0.2) is 43.4 Å². The molecule has 1 aliphatic heterocycles. The van der Waals surface area contributed by atoms with Gasteiger partial charge in [-0.3, -0.25) is 0 Å². The Bertz CT molecular complexity index is 932. The number of hydrogen-bond acceptors (Lipinski definition) is 7. The second kappa shape index (κ2) is 8.09. The van der Waals surface area contributed by atoms with Crippen molar-refractivity contribution in [3.63, 3.8) is 0 Å². The highest BCUT2D eigenvalue weighted by molar-refractivity contribution is 5.90. The third kappa shape index (κ3) is 4.03. The van der Waals surface area contributed by atoms with Gasteiger partial charge in [-0.25, -0.2) is 4.98 Å². The Morgan fingerprint density at radius 3 is 2.78 bits per heavy atom. The Balaban J connectivity index is 1.59. The molecule has 2 N–H and O–H groups in total. The largest absolute Gasteiger partial charge is 0.486 e. The number of rotatable bonds is 7. The van der Waals surface area contributed by atoms with Crippen LogP contribution >= 0.6 is 0 Å². The van der Waals surface area contributed by atoms with Gasteiger partial charge in [-0.2, -0.15) is 4.98 Å². The minimum atomic E-state index is 0.527. The van der Waals surface area contributed by atoms with E-state index in [2.05, 4.69) is 20.6 Å². The molecule has 27 heavy (non-hydrogen) atoms. The van der Waals surface area contributed by atoms with Gasteiger partial charge < -0.3 is 24.8 Å². The summed E-state index contributed by atoms with van der Waals surface area (Å²) in [4.78, 5) is 9.29. The van der Waals surface area contributed by atoms with Crippen LogP contribution in [0.1, 0.15) is 6.42 Å². The van der Waals surface area contributed by atoms with E-state index in [4.69, 9.17) is 14.2 Å². The molecule has 0 saturated carbocycles. The maximum absolute atomic E-state index is 5.64. The van der Waals surface area contributed by atoms with Gasteiger partial charge in [0.25, 0.3) is 0 Å². The van der Waals surface area contributed by atoms with Gasteiger partial charge in [-0.05, 0) is 30.7 Å². The van der Waals surface area contributed by atoms with Crippen LogP contribution in [0.4, 0.5) is 17.5 Å². The summed E-state index contributed by atoms with van der Waals surface area (Å²) in [6.07, 6.45) is 0.903. The number of hydrogen-bond donors (Lipinski definition) is 2. The summed E-state index contributed by atoms with van der Waals surface area (Å²) >= 11 is 0. The number of fused-ring (bicyclic) bond motifs is 2. The topological polar surface area (TPSA) is 77.5 Å². The van der Waals surface area contributed by atoms with Crippen molar-refractivity contribution in [2.24, 2.45) is 0 Å². The van der Waals surface area contributed by atoms with Gasteiger partial charge in [0.1, 0.15) is 19.0 Å². The van der Waals surface area contributed by atoms with Gasteiger partial charge in [-0.1, -0.05) is 12.1 Å². The molecular weight excluding hydrogens is 344 g/mol. The Kier molecular flexibility index (Phi) is 5.20. The lowest BCUT2D eigenvalue weighted by Gasteiger charge is -2.19. The molecule has 1 aromatic heterocycles. The molecule has 2 aromatic carbocycles. The highest BCUT2D eigenvalue weighted by Crippen LogP contribution is 2.33. The van der Waals surface area contributed by atoms with Gasteiger partial charge in [0.05, 0.1) is 5.52 Å². The van der Waals surface area contributed by atoms with E-state index < -0.39 is 0 Å². The number of ether oxygens (including phenoxy) is 3. The molecule has 0 unspecified atom stereocenters. The van der Waals surface area contributed by atoms with Crippen molar-refractivity contribution >= 4 is 28.4 Å². The molecule has 1 aliphatic rings. The highest BCUT2D eigenvalue weighted by Gasteiger charge is 2.13. The Labute approximate surface area is 157 Å². The van der Waals surface area contributed by atoms with Crippen LogP contribution in [0.5, 0.6) is 11.5 Å². The molecule has 0 aliphatic carbocycles. The molecule has 0 spiro atoms. The minimum Gasteiger partial charge on any atom is -0.486 e. The molecule has 7 nitrogen and oxygen atoms in total. The van der Waals surface area contributed by atoms with Gasteiger partial charge >= 0.3 is 0 Å². The first-order chi connectivity index (χ1) is 13.3. The number of methoxy groups -OCH3 is 1. The summed E-state index contributed by atoms with van der Waals surface area (Å²) < 4.78 is 16.3. The van der Waals surface area contributed by atoms with E-state index in [1.54, 1.807) is 7.11 Å². The molecule has 7 heteroatoms. The summed E-state index contributed by atoms with van der Waals surface area (Å²) in [5.41, 5.74) is 1.72. The third-order valence-electron chi connectivity index (χ3n) is 4.22. The molecule has 140 valence electrons. The zero-order valence-corrected chi connectivity index (χ0v) is 15.2. The fourth-order valence-corrected chi connectivity index (χ4v) is 2.94. The summed E-state index contributed by atoms with van der Waals surface area (Å²) in [5, 5.41) is 7.64. The first-order valence-corrected chi connectivity index (χ1v) is 9.00. The molecular formula is C20H22N4O3. The molecule has 3 aromatic rings. The van der Waals surface area contributed by atoms with Crippen molar-refractivity contribution in [3.8, 4) is 11.5 Å². The third-order valence-corrected chi connectivity index (χ3v) is 4.22. The van der Waals surface area contributed by atoms with E-state index in [9.17, 15) is 0 Å². The first-order valence-electron chi connectivity index (χ1n) is 9.00. The lowest BCUT2D eigenvalue weighted by molar-refractivity contribution is 0.171. The number of nitrogens with zero attached hydrogens (tertiary/aromatic N) is 2. The van der Waals surface area contributed by atoms with E-state index in [0.717, 1.165) is 46.9 Å². The number of anilines is 3. The summed E-state index contributed by atoms with van der Waals surface area (Å²) in [6, 6.07) is 13.7. The lowest BCUT2D eigenvalue weighted by atomic mass is 10.2. The van der Waals surface area contributed by atoms with Crippen molar-refractivity contribution in [3.05, 3.63) is 42.5 Å². The molecule has 0 amide bonds. The number of aromatic nitrogens is 2. The maximum Gasteiger partial charge on any atom is 0.229 e. The Hall–Kier alpha value is -3.06. The van der Waals surface area contributed by atoms with Crippen LogP contribution in [0, 0.1) is 0 Å². The summed E-state index contributed by atoms with van der Waals surface area (Å²) in [5.74, 6) is 2.81. The normalized spacial score (nSPS) is 12.8. The first kappa shape index (κ1) is 17.4. The molecule has 0 atom stereocenters. The van der Waals surface area contributed by atoms with Crippen LogP contribution in [0.25, 0.3) is 10.9 Å². The lowest BCUT2D eigenvalue weighted by Crippen LogP contribution is -2.15.